The van der Waals surface area contributed by atoms with E-state index in [2.05, 4.69) is 39.6 Å². The highest BCUT2D eigenvalue weighted by atomic mass is 19.1. The molecule has 0 bridgehead atoms. The van der Waals surface area contributed by atoms with Gasteiger partial charge in [-0.2, -0.15) is 0 Å². The van der Waals surface area contributed by atoms with Gasteiger partial charge in [-0.05, 0) is 57.4 Å². The molecule has 0 aliphatic rings. The number of halogens is 1. The van der Waals surface area contributed by atoms with Crippen LogP contribution >= 0.6 is 0 Å². The van der Waals surface area contributed by atoms with Gasteiger partial charge in [0, 0.05) is 18.1 Å². The van der Waals surface area contributed by atoms with Crippen molar-refractivity contribution in [3.05, 3.63) is 35.6 Å². The molecular formula is C17H29FN2. The van der Waals surface area contributed by atoms with E-state index in [1.165, 1.54) is 6.07 Å². The van der Waals surface area contributed by atoms with E-state index in [1.54, 1.807) is 12.1 Å². The predicted octanol–water partition coefficient (Wildman–Crippen LogP) is 3.45. The molecule has 2 atom stereocenters. The fraction of sp³-hybridized carbons (Fsp3) is 0.647. The minimum absolute atomic E-state index is 0.151. The molecular weight excluding hydrogens is 251 g/mol. The summed E-state index contributed by atoms with van der Waals surface area (Å²) in [5.41, 5.74) is 6.88. The average Bonchev–Trinajstić information content (AvgIpc) is 2.36. The third-order valence-electron chi connectivity index (χ3n) is 4.24. The van der Waals surface area contributed by atoms with Gasteiger partial charge in [0.2, 0.25) is 0 Å². The maximum atomic E-state index is 13.3. The average molecular weight is 280 g/mol. The molecule has 1 rings (SSSR count). The molecule has 3 heteroatoms. The third-order valence-corrected chi connectivity index (χ3v) is 4.24. The topological polar surface area (TPSA) is 29.3 Å². The van der Waals surface area contributed by atoms with E-state index >= 15 is 0 Å². The number of likely N-dealkylation sites (N-methyl/N-ethyl adjacent to an activating group) is 1. The first kappa shape index (κ1) is 17.1. The summed E-state index contributed by atoms with van der Waals surface area (Å²) >= 11 is 0. The largest absolute Gasteiger partial charge is 0.329 e. The van der Waals surface area contributed by atoms with Gasteiger partial charge in [0.05, 0.1) is 0 Å². The maximum Gasteiger partial charge on any atom is 0.123 e. The fourth-order valence-corrected chi connectivity index (χ4v) is 2.80. The van der Waals surface area contributed by atoms with Crippen LogP contribution in [0.1, 0.15) is 39.7 Å². The van der Waals surface area contributed by atoms with E-state index in [9.17, 15) is 4.39 Å². The zero-order valence-corrected chi connectivity index (χ0v) is 13.5. The van der Waals surface area contributed by atoms with Crippen molar-refractivity contribution in [2.24, 2.45) is 11.7 Å². The van der Waals surface area contributed by atoms with Crippen LogP contribution in [0.4, 0.5) is 4.39 Å². The van der Waals surface area contributed by atoms with E-state index in [-0.39, 0.29) is 11.4 Å². The SMILES string of the molecule is CC(C)CC(C)N(C)C(C)(CN)Cc1cccc(F)c1. The van der Waals surface area contributed by atoms with Crippen molar-refractivity contribution >= 4 is 0 Å². The van der Waals surface area contributed by atoms with Crippen molar-refractivity contribution in [2.45, 2.75) is 52.1 Å². The van der Waals surface area contributed by atoms with Crippen LogP contribution < -0.4 is 5.73 Å². The first-order valence-electron chi connectivity index (χ1n) is 7.46. The lowest BCUT2D eigenvalue weighted by Gasteiger charge is -2.42. The Kier molecular flexibility index (Phi) is 6.15. The Morgan fingerprint density at radius 2 is 1.95 bits per heavy atom. The van der Waals surface area contributed by atoms with E-state index < -0.39 is 0 Å². The molecule has 2 nitrogen and oxygen atoms in total. The maximum absolute atomic E-state index is 13.3. The molecule has 0 fully saturated rings. The van der Waals surface area contributed by atoms with Crippen LogP contribution in [0.5, 0.6) is 0 Å². The summed E-state index contributed by atoms with van der Waals surface area (Å²) < 4.78 is 13.3. The molecule has 2 N–H and O–H groups in total. The second kappa shape index (κ2) is 7.19. The van der Waals surface area contributed by atoms with Gasteiger partial charge in [-0.1, -0.05) is 26.0 Å². The quantitative estimate of drug-likeness (QED) is 0.829. The van der Waals surface area contributed by atoms with Gasteiger partial charge >= 0.3 is 0 Å². The lowest BCUT2D eigenvalue weighted by atomic mass is 9.89. The van der Waals surface area contributed by atoms with E-state index in [0.717, 1.165) is 18.4 Å². The minimum Gasteiger partial charge on any atom is -0.329 e. The summed E-state index contributed by atoms with van der Waals surface area (Å²) in [7, 11) is 2.12. The molecule has 0 heterocycles. The molecule has 2 unspecified atom stereocenters. The highest BCUT2D eigenvalue weighted by Crippen LogP contribution is 2.24. The number of hydrogen-bond acceptors (Lipinski definition) is 2. The molecule has 0 saturated carbocycles. The highest BCUT2D eigenvalue weighted by Gasteiger charge is 2.31. The van der Waals surface area contributed by atoms with Crippen LogP contribution in [0, 0.1) is 11.7 Å². The van der Waals surface area contributed by atoms with E-state index in [0.29, 0.717) is 18.5 Å². The lowest BCUT2D eigenvalue weighted by Crippen LogP contribution is -2.54. The summed E-state index contributed by atoms with van der Waals surface area (Å²) in [5.74, 6) is 0.475. The number of rotatable bonds is 7. The monoisotopic (exact) mass is 280 g/mol. The van der Waals surface area contributed by atoms with Crippen LogP contribution in [0.25, 0.3) is 0 Å². The van der Waals surface area contributed by atoms with E-state index in [4.69, 9.17) is 5.73 Å². The first-order valence-corrected chi connectivity index (χ1v) is 7.46. The van der Waals surface area contributed by atoms with Crippen LogP contribution in [0.2, 0.25) is 0 Å². The van der Waals surface area contributed by atoms with Crippen molar-refractivity contribution in [1.29, 1.82) is 0 Å². The Morgan fingerprint density at radius 1 is 1.30 bits per heavy atom. The van der Waals surface area contributed by atoms with Gasteiger partial charge in [-0.25, -0.2) is 4.39 Å². The summed E-state index contributed by atoms with van der Waals surface area (Å²) in [6.45, 7) is 9.42. The second-order valence-electron chi connectivity index (χ2n) is 6.60. The van der Waals surface area contributed by atoms with Gasteiger partial charge in [0.1, 0.15) is 5.82 Å². The van der Waals surface area contributed by atoms with Crippen molar-refractivity contribution < 1.29 is 4.39 Å². The molecule has 0 amide bonds. The Balaban J connectivity index is 2.85. The summed E-state index contributed by atoms with van der Waals surface area (Å²) in [6, 6.07) is 7.28. The zero-order chi connectivity index (χ0) is 15.3. The number of benzene rings is 1. The van der Waals surface area contributed by atoms with E-state index in [1.807, 2.05) is 6.07 Å². The molecule has 0 aromatic heterocycles. The lowest BCUT2D eigenvalue weighted by molar-refractivity contribution is 0.0888. The molecule has 1 aromatic rings. The molecule has 1 aromatic carbocycles. The van der Waals surface area contributed by atoms with Crippen molar-refractivity contribution in [3.63, 3.8) is 0 Å². The van der Waals surface area contributed by atoms with Crippen LogP contribution in [0.15, 0.2) is 24.3 Å². The van der Waals surface area contributed by atoms with Crippen LogP contribution in [-0.4, -0.2) is 30.1 Å². The predicted molar refractivity (Wildman–Crippen MR) is 84.2 cm³/mol. The Morgan fingerprint density at radius 3 is 2.45 bits per heavy atom. The first-order chi connectivity index (χ1) is 9.28. The van der Waals surface area contributed by atoms with Gasteiger partial charge in [-0.15, -0.1) is 0 Å². The molecule has 0 spiro atoms. The Labute approximate surface area is 123 Å². The summed E-state index contributed by atoms with van der Waals surface area (Å²) in [5, 5.41) is 0. The van der Waals surface area contributed by atoms with Gasteiger partial charge < -0.3 is 5.73 Å². The van der Waals surface area contributed by atoms with Gasteiger partial charge in [0.25, 0.3) is 0 Å². The molecule has 0 aliphatic carbocycles. The Bertz CT molecular complexity index is 419. The number of nitrogens with two attached hydrogens (primary N) is 1. The van der Waals surface area contributed by atoms with Crippen molar-refractivity contribution in [2.75, 3.05) is 13.6 Å². The molecule has 20 heavy (non-hydrogen) atoms. The van der Waals surface area contributed by atoms with Crippen molar-refractivity contribution in [1.82, 2.24) is 4.90 Å². The molecule has 0 radical (unpaired) electrons. The van der Waals surface area contributed by atoms with Crippen LogP contribution in [0.3, 0.4) is 0 Å². The third kappa shape index (κ3) is 4.57. The zero-order valence-electron chi connectivity index (χ0n) is 13.5. The van der Waals surface area contributed by atoms with Gasteiger partial charge in [0.15, 0.2) is 0 Å². The number of nitrogens with zero attached hydrogens (tertiary/aromatic N) is 1. The standard InChI is InChI=1S/C17H29FN2/c1-13(2)9-14(3)20(5)17(4,12-19)11-15-7-6-8-16(18)10-15/h6-8,10,13-14H,9,11-12,19H2,1-5H3. The second-order valence-corrected chi connectivity index (χ2v) is 6.60. The smallest absolute Gasteiger partial charge is 0.123 e. The highest BCUT2D eigenvalue weighted by molar-refractivity contribution is 5.19. The number of hydrogen-bond donors (Lipinski definition) is 1. The fourth-order valence-electron chi connectivity index (χ4n) is 2.80. The normalized spacial score (nSPS) is 16.4. The Hall–Kier alpha value is -0.930. The molecule has 114 valence electrons. The van der Waals surface area contributed by atoms with Crippen LogP contribution in [-0.2, 0) is 6.42 Å². The van der Waals surface area contributed by atoms with Gasteiger partial charge in [-0.3, -0.25) is 4.90 Å². The molecule has 0 aliphatic heterocycles. The summed E-state index contributed by atoms with van der Waals surface area (Å²) in [6.07, 6.45) is 1.90. The van der Waals surface area contributed by atoms with Crippen molar-refractivity contribution in [3.8, 4) is 0 Å². The minimum atomic E-state index is -0.181. The summed E-state index contributed by atoms with van der Waals surface area (Å²) in [4.78, 5) is 2.35. The molecule has 0 saturated heterocycles.